The van der Waals surface area contributed by atoms with Crippen LogP contribution < -0.4 is 11.2 Å². The zero-order valence-electron chi connectivity index (χ0n) is 16.3. The molecule has 1 aliphatic rings. The van der Waals surface area contributed by atoms with Gasteiger partial charge in [0, 0.05) is 23.1 Å². The first-order valence-corrected chi connectivity index (χ1v) is 13.2. The zero-order valence-corrected chi connectivity index (χ0v) is 19.0. The van der Waals surface area contributed by atoms with Gasteiger partial charge in [-0.15, -0.1) is 0 Å². The molecule has 2 radical (unpaired) electrons. The largest absolute Gasteiger partial charge is 0.444 e. The smallest absolute Gasteiger partial charge is 0.352 e. The Labute approximate surface area is 183 Å². The van der Waals surface area contributed by atoms with Crippen LogP contribution in [0, 0.1) is 6.92 Å². The van der Waals surface area contributed by atoms with Crippen LogP contribution >= 0.6 is 22.7 Å². The van der Waals surface area contributed by atoms with Crippen molar-refractivity contribution in [2.75, 3.05) is 6.61 Å². The molecule has 2 rings (SSSR count). The van der Waals surface area contributed by atoms with E-state index in [2.05, 4.69) is 18.9 Å². The molecule has 0 amide bonds. The molecule has 0 saturated carbocycles. The van der Waals surface area contributed by atoms with E-state index in [1.54, 1.807) is 0 Å². The number of aromatic nitrogens is 2. The summed E-state index contributed by atoms with van der Waals surface area (Å²) >= 11 is 0. The van der Waals surface area contributed by atoms with E-state index in [4.69, 9.17) is 27.6 Å². The second-order valence-corrected chi connectivity index (χ2v) is 12.2. The summed E-state index contributed by atoms with van der Waals surface area (Å²) in [6.07, 6.45) is -1.51. The lowest BCUT2D eigenvalue weighted by atomic mass is 10.1. The van der Waals surface area contributed by atoms with Gasteiger partial charge in [-0.25, -0.2) is 9.11 Å². The molecular formula is C11H15BF2N5O11P3. The topological polar surface area (TPSA) is 243 Å². The quantitative estimate of drug-likeness (QED) is 0.114. The average Bonchev–Trinajstić information content (AvgIpc) is 3.04. The monoisotopic (exact) mass is 535 g/mol. The van der Waals surface area contributed by atoms with E-state index in [1.165, 1.54) is 6.92 Å². The third-order valence-corrected chi connectivity index (χ3v) is 9.42. The maximum Gasteiger partial charge on any atom is 0.444 e. The number of rotatable bonds is 9. The van der Waals surface area contributed by atoms with Crippen LogP contribution in [0.25, 0.3) is 10.4 Å². The van der Waals surface area contributed by atoms with Gasteiger partial charge in [0.05, 0.1) is 18.8 Å². The average molecular weight is 535 g/mol. The fourth-order valence-electron chi connectivity index (χ4n) is 2.59. The molecule has 1 aromatic heterocycles. The SMILES string of the molecule is [B]P(=O)(OC[C@@H]1O[C@H](n2cc(C)c(=O)[nH]c2=O)CC1N=[N+]=[N-])OP(=O)(O)C(F)(F)P(=O)(O)O. The first kappa shape index (κ1) is 27.6. The Morgan fingerprint density at radius 2 is 2.00 bits per heavy atom. The molecular weight excluding hydrogens is 520 g/mol. The first-order valence-electron chi connectivity index (χ1n) is 8.44. The van der Waals surface area contributed by atoms with Gasteiger partial charge in [-0.3, -0.25) is 28.0 Å². The van der Waals surface area contributed by atoms with Gasteiger partial charge in [0.15, 0.2) is 0 Å². The molecule has 3 unspecified atom stereocenters. The van der Waals surface area contributed by atoms with Crippen LogP contribution in [0.2, 0.25) is 0 Å². The normalized spacial score (nSPS) is 25.1. The minimum atomic E-state index is -6.62. The number of aromatic amines is 1. The molecule has 1 saturated heterocycles. The van der Waals surface area contributed by atoms with Crippen molar-refractivity contribution in [1.29, 1.82) is 0 Å². The summed E-state index contributed by atoms with van der Waals surface area (Å²) < 4.78 is 76.0. The molecule has 182 valence electrons. The van der Waals surface area contributed by atoms with Crippen molar-refractivity contribution in [2.24, 2.45) is 5.11 Å². The third kappa shape index (κ3) is 6.08. The van der Waals surface area contributed by atoms with E-state index < -0.39 is 64.3 Å². The van der Waals surface area contributed by atoms with Gasteiger partial charge in [-0.2, -0.15) is 8.78 Å². The molecule has 1 aliphatic heterocycles. The lowest BCUT2D eigenvalue weighted by Gasteiger charge is -2.26. The van der Waals surface area contributed by atoms with Crippen LogP contribution in [0.5, 0.6) is 0 Å². The summed E-state index contributed by atoms with van der Waals surface area (Å²) in [7, 11) is -13.5. The standard InChI is InChI=1S/C11H15BF2N5O11P3/c1-5-3-19(10(21)16-9(5)20)8-2-6(17-18-15)7(29-8)4-28-33(12,27)30-32(25,26)11(13,14)31(22,23)24/h3,6-8H,2,4H2,1H3,(H,25,26)(H,16,20,21)(H2,22,23,24)/t6?,7-,8-,33?/m0/s1. The van der Waals surface area contributed by atoms with Crippen molar-refractivity contribution < 1.29 is 50.7 Å². The van der Waals surface area contributed by atoms with E-state index in [1.807, 2.05) is 4.98 Å². The van der Waals surface area contributed by atoms with Crippen LogP contribution in [0.4, 0.5) is 8.78 Å². The fourth-order valence-corrected chi connectivity index (χ4v) is 6.41. The Morgan fingerprint density at radius 3 is 2.55 bits per heavy atom. The van der Waals surface area contributed by atoms with Crippen LogP contribution in [0.15, 0.2) is 20.9 Å². The zero-order chi connectivity index (χ0) is 25.4. The van der Waals surface area contributed by atoms with Crippen molar-refractivity contribution in [3.8, 4) is 0 Å². The van der Waals surface area contributed by atoms with Crippen LogP contribution in [-0.4, -0.2) is 56.0 Å². The lowest BCUT2D eigenvalue weighted by molar-refractivity contribution is -0.0232. The first-order chi connectivity index (χ1) is 14.9. The molecule has 2 heterocycles. The van der Waals surface area contributed by atoms with Crippen LogP contribution in [0.3, 0.4) is 0 Å². The van der Waals surface area contributed by atoms with Crippen LogP contribution in [-0.2, 0) is 27.3 Å². The number of alkyl halides is 2. The minimum Gasteiger partial charge on any atom is -0.352 e. The van der Waals surface area contributed by atoms with Crippen LogP contribution in [0.1, 0.15) is 18.2 Å². The Balaban J connectivity index is 2.19. The van der Waals surface area contributed by atoms with Crippen molar-refractivity contribution in [1.82, 2.24) is 9.55 Å². The minimum absolute atomic E-state index is 0.128. The Morgan fingerprint density at radius 1 is 1.39 bits per heavy atom. The molecule has 0 aromatic carbocycles. The Kier molecular flexibility index (Phi) is 7.99. The number of ether oxygens (including phenoxy) is 1. The number of aryl methyl sites for hydroxylation is 1. The van der Waals surface area contributed by atoms with Gasteiger partial charge >= 0.3 is 26.3 Å². The molecule has 0 aliphatic carbocycles. The van der Waals surface area contributed by atoms with Gasteiger partial charge in [0.2, 0.25) is 7.57 Å². The number of nitrogens with zero attached hydrogens (tertiary/aromatic N) is 4. The third-order valence-electron chi connectivity index (χ3n) is 4.19. The van der Waals surface area contributed by atoms with E-state index in [0.717, 1.165) is 10.8 Å². The number of halogens is 2. The maximum absolute atomic E-state index is 13.5. The summed E-state index contributed by atoms with van der Waals surface area (Å²) in [6.45, 7) is 0.435. The van der Waals surface area contributed by atoms with Gasteiger partial charge in [-0.1, -0.05) is 5.11 Å². The molecule has 1 fully saturated rings. The van der Waals surface area contributed by atoms with Gasteiger partial charge in [-0.05, 0) is 12.5 Å². The summed E-state index contributed by atoms with van der Waals surface area (Å²) in [5.41, 5.74) is 7.28. The molecule has 5 atom stereocenters. The fraction of sp³-hybridized carbons (Fsp3) is 0.636. The molecule has 16 nitrogen and oxygen atoms in total. The number of nitrogens with one attached hydrogen (secondary N) is 1. The number of hydrogen-bond donors (Lipinski definition) is 4. The molecule has 1 aromatic rings. The highest BCUT2D eigenvalue weighted by Gasteiger charge is 2.66. The van der Waals surface area contributed by atoms with Crippen molar-refractivity contribution >= 4 is 30.2 Å². The van der Waals surface area contributed by atoms with Gasteiger partial charge < -0.3 is 23.9 Å². The Hall–Kier alpha value is -1.64. The summed E-state index contributed by atoms with van der Waals surface area (Å²) in [5, 5.41) is -2.26. The highest BCUT2D eigenvalue weighted by Crippen LogP contribution is 2.77. The predicted molar refractivity (Wildman–Crippen MR) is 105 cm³/mol. The number of H-pyrrole nitrogens is 1. The molecule has 0 bridgehead atoms. The lowest BCUT2D eigenvalue weighted by Crippen LogP contribution is -2.33. The molecule has 33 heavy (non-hydrogen) atoms. The summed E-state index contributed by atoms with van der Waals surface area (Å²) in [5.74, 6) is 0. The molecule has 4 N–H and O–H groups in total. The molecule has 22 heteroatoms. The van der Waals surface area contributed by atoms with Crippen molar-refractivity contribution in [2.45, 2.75) is 37.1 Å². The molecule has 0 spiro atoms. The van der Waals surface area contributed by atoms with Crippen molar-refractivity contribution in [3.05, 3.63) is 43.0 Å². The second-order valence-electron chi connectivity index (χ2n) is 6.61. The van der Waals surface area contributed by atoms with Gasteiger partial charge in [0.25, 0.3) is 13.0 Å². The highest BCUT2D eigenvalue weighted by atomic mass is 31.3. The highest BCUT2D eigenvalue weighted by molar-refractivity contribution is 7.86. The maximum atomic E-state index is 13.5. The van der Waals surface area contributed by atoms with Crippen molar-refractivity contribution in [3.63, 3.8) is 0 Å². The Bertz CT molecular complexity index is 1230. The van der Waals surface area contributed by atoms with E-state index in [-0.39, 0.29) is 12.0 Å². The predicted octanol–water partition coefficient (Wildman–Crippen LogP) is 1.03. The number of azide groups is 1. The summed E-state index contributed by atoms with van der Waals surface area (Å²) in [4.78, 5) is 54.3. The van der Waals surface area contributed by atoms with E-state index in [0.29, 0.717) is 0 Å². The van der Waals surface area contributed by atoms with E-state index in [9.17, 15) is 37.0 Å². The van der Waals surface area contributed by atoms with Gasteiger partial charge in [0.1, 0.15) is 6.23 Å². The second kappa shape index (κ2) is 9.55. The summed E-state index contributed by atoms with van der Waals surface area (Å²) in [6, 6.07) is -1.11. The van der Waals surface area contributed by atoms with E-state index >= 15 is 0 Å². The number of hydrogen-bond acceptors (Lipinski definition) is 9.